The van der Waals surface area contributed by atoms with Crippen molar-refractivity contribution >= 4 is 0 Å². The minimum absolute atomic E-state index is 0.0656. The summed E-state index contributed by atoms with van der Waals surface area (Å²) in [6.45, 7) is 12.8. The van der Waals surface area contributed by atoms with Crippen molar-refractivity contribution < 1.29 is 19.7 Å². The second kappa shape index (κ2) is 6.95. The van der Waals surface area contributed by atoms with Gasteiger partial charge in [-0.05, 0) is 91.3 Å². The quantitative estimate of drug-likeness (QED) is 0.540. The zero-order valence-corrected chi connectivity index (χ0v) is 21.0. The molecule has 0 aromatic carbocycles. The molecule has 0 bridgehead atoms. The summed E-state index contributed by atoms with van der Waals surface area (Å²) in [6.07, 6.45) is 9.42. The normalized spacial score (nSPS) is 64.0. The van der Waals surface area contributed by atoms with E-state index in [4.69, 9.17) is 9.47 Å². The summed E-state index contributed by atoms with van der Waals surface area (Å²) in [5.74, 6) is 3.56. The predicted octanol–water partition coefficient (Wildman–Crippen LogP) is 5.15. The van der Waals surface area contributed by atoms with Gasteiger partial charge in [0.05, 0.1) is 24.4 Å². The van der Waals surface area contributed by atoms with E-state index < -0.39 is 5.60 Å². The van der Waals surface area contributed by atoms with Crippen molar-refractivity contribution in [2.75, 3.05) is 6.61 Å². The number of hydrogen-bond acceptors (Lipinski definition) is 4. The van der Waals surface area contributed by atoms with Crippen LogP contribution in [0.5, 0.6) is 0 Å². The third kappa shape index (κ3) is 2.65. The first-order valence-electron chi connectivity index (χ1n) is 13.8. The van der Waals surface area contributed by atoms with Gasteiger partial charge in [0.1, 0.15) is 0 Å². The van der Waals surface area contributed by atoms with E-state index >= 15 is 0 Å². The summed E-state index contributed by atoms with van der Waals surface area (Å²) in [5.41, 5.74) is -0.459. The Balaban J connectivity index is 1.30. The topological polar surface area (TPSA) is 58.9 Å². The Morgan fingerprint density at radius 3 is 2.41 bits per heavy atom. The van der Waals surface area contributed by atoms with Gasteiger partial charge in [0, 0.05) is 18.8 Å². The van der Waals surface area contributed by atoms with Gasteiger partial charge in [0.2, 0.25) is 0 Å². The van der Waals surface area contributed by atoms with Crippen molar-refractivity contribution in [3.63, 3.8) is 0 Å². The van der Waals surface area contributed by atoms with Gasteiger partial charge < -0.3 is 19.7 Å². The predicted molar refractivity (Wildman–Crippen MR) is 124 cm³/mol. The Labute approximate surface area is 194 Å². The van der Waals surface area contributed by atoms with Crippen LogP contribution < -0.4 is 0 Å². The molecule has 2 aliphatic heterocycles. The van der Waals surface area contributed by atoms with Gasteiger partial charge in [0.15, 0.2) is 5.79 Å². The van der Waals surface area contributed by atoms with Crippen LogP contribution in [-0.4, -0.2) is 40.4 Å². The van der Waals surface area contributed by atoms with E-state index in [1.807, 2.05) is 0 Å². The van der Waals surface area contributed by atoms with Gasteiger partial charge in [0.25, 0.3) is 0 Å². The Morgan fingerprint density at radius 1 is 0.906 bits per heavy atom. The van der Waals surface area contributed by atoms with Crippen LogP contribution in [0, 0.1) is 52.3 Å². The average Bonchev–Trinajstić information content (AvgIpc) is 3.18. The lowest BCUT2D eigenvalue weighted by atomic mass is 9.41. The zero-order chi connectivity index (χ0) is 22.7. The lowest BCUT2D eigenvalue weighted by molar-refractivity contribution is -0.276. The van der Waals surface area contributed by atoms with E-state index in [9.17, 15) is 10.2 Å². The lowest BCUT2D eigenvalue weighted by Gasteiger charge is -2.66. The van der Waals surface area contributed by atoms with E-state index in [1.165, 1.54) is 25.7 Å². The Hall–Kier alpha value is -0.160. The second-order valence-electron chi connectivity index (χ2n) is 13.8. The molecular weight excluding hydrogens is 400 g/mol. The van der Waals surface area contributed by atoms with Crippen LogP contribution in [0.3, 0.4) is 0 Å². The summed E-state index contributed by atoms with van der Waals surface area (Å²) in [6, 6.07) is 0. The van der Waals surface area contributed by atoms with Crippen LogP contribution >= 0.6 is 0 Å². The van der Waals surface area contributed by atoms with Crippen LogP contribution in [0.2, 0.25) is 0 Å². The molecule has 0 unspecified atom stereocenters. The molecule has 0 aromatic heterocycles. The SMILES string of the molecule is C[C@@H]1CC[C@@]2(OC1)O[C@@H]1C[C@@H]3[C@H]4C[C@H](C)[C@@]5(O)C[C@H](O)CC[C@]5(C)[C@@H]4CC[C@]3(C)[C@@H]1[C@H]2C. The van der Waals surface area contributed by atoms with E-state index in [-0.39, 0.29) is 23.2 Å². The number of hydrogen-bond donors (Lipinski definition) is 2. The molecule has 182 valence electrons. The Bertz CT molecular complexity index is 761. The van der Waals surface area contributed by atoms with Gasteiger partial charge in [-0.15, -0.1) is 0 Å². The maximum atomic E-state index is 11.9. The molecule has 6 rings (SSSR count). The monoisotopic (exact) mass is 446 g/mol. The molecule has 6 aliphatic rings. The van der Waals surface area contributed by atoms with Crippen molar-refractivity contribution in [3.05, 3.63) is 0 Å². The third-order valence-electron chi connectivity index (χ3n) is 12.5. The molecule has 6 fully saturated rings. The van der Waals surface area contributed by atoms with E-state index in [2.05, 4.69) is 34.6 Å². The van der Waals surface area contributed by atoms with E-state index in [1.54, 1.807) is 0 Å². The first-order chi connectivity index (χ1) is 15.0. The van der Waals surface area contributed by atoms with Crippen molar-refractivity contribution in [1.29, 1.82) is 0 Å². The number of aliphatic hydroxyl groups is 2. The van der Waals surface area contributed by atoms with E-state index in [0.717, 1.165) is 32.3 Å². The van der Waals surface area contributed by atoms with Crippen molar-refractivity contribution in [3.8, 4) is 0 Å². The summed E-state index contributed by atoms with van der Waals surface area (Å²) in [5, 5.41) is 22.3. The van der Waals surface area contributed by atoms with Crippen molar-refractivity contribution in [2.24, 2.45) is 52.3 Å². The first kappa shape index (κ1) is 22.3. The first-order valence-corrected chi connectivity index (χ1v) is 13.8. The molecule has 1 spiro atoms. The van der Waals surface area contributed by atoms with Gasteiger partial charge in [-0.3, -0.25) is 0 Å². The molecule has 0 amide bonds. The molecule has 2 heterocycles. The number of rotatable bonds is 0. The van der Waals surface area contributed by atoms with Crippen LogP contribution in [0.4, 0.5) is 0 Å². The van der Waals surface area contributed by atoms with Crippen LogP contribution in [-0.2, 0) is 9.47 Å². The third-order valence-corrected chi connectivity index (χ3v) is 12.5. The molecule has 4 heteroatoms. The highest BCUT2D eigenvalue weighted by Gasteiger charge is 2.71. The lowest BCUT2D eigenvalue weighted by Crippen LogP contribution is -2.66. The molecule has 4 nitrogen and oxygen atoms in total. The highest BCUT2D eigenvalue weighted by molar-refractivity contribution is 5.19. The van der Waals surface area contributed by atoms with Crippen molar-refractivity contribution in [1.82, 2.24) is 0 Å². The standard InChI is InChI=1S/C28H46O4/c1-16-6-11-28(31-15-16)18(3)24-23(32-28)13-22-20-12-17(2)27(30)14-19(29)7-10-26(27,5)21(20)8-9-25(22,24)4/h16-24,29-30H,6-15H2,1-5H3/t16-,17+,18-,19-,20+,21-,22-,23-,24-,25+,26-,27+,28-/m1/s1. The highest BCUT2D eigenvalue weighted by Crippen LogP contribution is 2.72. The van der Waals surface area contributed by atoms with Crippen LogP contribution in [0.15, 0.2) is 0 Å². The summed E-state index contributed by atoms with van der Waals surface area (Å²) in [7, 11) is 0. The summed E-state index contributed by atoms with van der Waals surface area (Å²) >= 11 is 0. The minimum atomic E-state index is -0.714. The number of aliphatic hydroxyl groups excluding tert-OH is 1. The molecule has 2 N–H and O–H groups in total. The maximum Gasteiger partial charge on any atom is 0.171 e. The Kier molecular flexibility index (Phi) is 4.85. The fraction of sp³-hybridized carbons (Fsp3) is 1.00. The fourth-order valence-electron chi connectivity index (χ4n) is 10.7. The largest absolute Gasteiger partial charge is 0.393 e. The molecule has 13 atom stereocenters. The molecule has 32 heavy (non-hydrogen) atoms. The summed E-state index contributed by atoms with van der Waals surface area (Å²) < 4.78 is 13.4. The minimum Gasteiger partial charge on any atom is -0.393 e. The number of fused-ring (bicyclic) bond motifs is 7. The van der Waals surface area contributed by atoms with Crippen LogP contribution in [0.25, 0.3) is 0 Å². The molecule has 0 radical (unpaired) electrons. The maximum absolute atomic E-state index is 11.9. The summed E-state index contributed by atoms with van der Waals surface area (Å²) in [4.78, 5) is 0. The molecule has 2 saturated heterocycles. The molecular formula is C28H46O4. The Morgan fingerprint density at radius 2 is 1.69 bits per heavy atom. The molecule has 4 saturated carbocycles. The second-order valence-corrected chi connectivity index (χ2v) is 13.8. The highest BCUT2D eigenvalue weighted by atomic mass is 16.7. The molecule has 4 aliphatic carbocycles. The smallest absolute Gasteiger partial charge is 0.171 e. The van der Waals surface area contributed by atoms with Gasteiger partial charge in [-0.1, -0.05) is 34.6 Å². The number of ether oxygens (including phenoxy) is 2. The van der Waals surface area contributed by atoms with Crippen molar-refractivity contribution in [2.45, 2.75) is 116 Å². The van der Waals surface area contributed by atoms with Gasteiger partial charge in [-0.2, -0.15) is 0 Å². The average molecular weight is 447 g/mol. The van der Waals surface area contributed by atoms with Crippen LogP contribution in [0.1, 0.15) is 92.4 Å². The zero-order valence-electron chi connectivity index (χ0n) is 21.0. The van der Waals surface area contributed by atoms with Gasteiger partial charge in [-0.25, -0.2) is 0 Å². The fourth-order valence-corrected chi connectivity index (χ4v) is 10.7. The van der Waals surface area contributed by atoms with E-state index in [0.29, 0.717) is 53.4 Å². The van der Waals surface area contributed by atoms with Gasteiger partial charge >= 0.3 is 0 Å². The molecule has 0 aromatic rings.